The van der Waals surface area contributed by atoms with Crippen LogP contribution in [0.25, 0.3) is 0 Å². The lowest BCUT2D eigenvalue weighted by Gasteiger charge is -2.30. The highest BCUT2D eigenvalue weighted by Gasteiger charge is 2.42. The van der Waals surface area contributed by atoms with Crippen molar-refractivity contribution >= 4 is 17.7 Å². The molecule has 1 aromatic heterocycles. The third-order valence-electron chi connectivity index (χ3n) is 5.29. The van der Waals surface area contributed by atoms with Gasteiger partial charge in [0, 0.05) is 32.1 Å². The largest absolute Gasteiger partial charge is 0.355 e. The van der Waals surface area contributed by atoms with E-state index in [1.165, 1.54) is 6.33 Å². The molecule has 3 amide bonds. The minimum Gasteiger partial charge on any atom is -0.355 e. The van der Waals surface area contributed by atoms with Gasteiger partial charge in [-0.25, -0.2) is 4.98 Å². The predicted molar refractivity (Wildman–Crippen MR) is 104 cm³/mol. The Hall–Kier alpha value is -2.45. The Bertz CT molecular complexity index is 661. The zero-order valence-electron chi connectivity index (χ0n) is 17.0. The molecule has 9 heteroatoms. The fourth-order valence-corrected chi connectivity index (χ4v) is 3.17. The van der Waals surface area contributed by atoms with Crippen LogP contribution in [-0.4, -0.2) is 51.6 Å². The SMILES string of the molecule is CC(C)C(CNC(=O)CCCn1cncn1)NC(=O)C1(C)CCCCNC1=O. The molecule has 0 aliphatic carbocycles. The first-order chi connectivity index (χ1) is 13.3. The second kappa shape index (κ2) is 10.2. The quantitative estimate of drug-likeness (QED) is 0.533. The van der Waals surface area contributed by atoms with Gasteiger partial charge in [0.25, 0.3) is 0 Å². The van der Waals surface area contributed by atoms with Crippen molar-refractivity contribution in [3.63, 3.8) is 0 Å². The van der Waals surface area contributed by atoms with Crippen molar-refractivity contribution in [3.8, 4) is 0 Å². The fourth-order valence-electron chi connectivity index (χ4n) is 3.17. The first-order valence-corrected chi connectivity index (χ1v) is 10.0. The lowest BCUT2D eigenvalue weighted by molar-refractivity contribution is -0.143. The van der Waals surface area contributed by atoms with Gasteiger partial charge in [0.05, 0.1) is 0 Å². The summed E-state index contributed by atoms with van der Waals surface area (Å²) in [6.45, 7) is 7.24. The molecule has 2 rings (SSSR count). The van der Waals surface area contributed by atoms with Gasteiger partial charge in [0.15, 0.2) is 0 Å². The molecule has 28 heavy (non-hydrogen) atoms. The summed E-state index contributed by atoms with van der Waals surface area (Å²) in [5.74, 6) is -0.441. The van der Waals surface area contributed by atoms with Gasteiger partial charge in [-0.3, -0.25) is 19.1 Å². The number of amides is 3. The summed E-state index contributed by atoms with van der Waals surface area (Å²) < 4.78 is 1.68. The Morgan fingerprint density at radius 3 is 2.82 bits per heavy atom. The zero-order valence-corrected chi connectivity index (χ0v) is 17.0. The molecular weight excluding hydrogens is 360 g/mol. The van der Waals surface area contributed by atoms with E-state index < -0.39 is 5.41 Å². The van der Waals surface area contributed by atoms with Crippen LogP contribution in [0.1, 0.15) is 52.9 Å². The number of carbonyl (C=O) groups is 3. The van der Waals surface area contributed by atoms with Gasteiger partial charge in [0.2, 0.25) is 17.7 Å². The van der Waals surface area contributed by atoms with Crippen molar-refractivity contribution in [1.29, 1.82) is 0 Å². The molecule has 0 spiro atoms. The molecular formula is C19H32N6O3. The zero-order chi connectivity index (χ0) is 20.6. The van der Waals surface area contributed by atoms with E-state index >= 15 is 0 Å². The summed E-state index contributed by atoms with van der Waals surface area (Å²) in [6, 6.07) is -0.236. The van der Waals surface area contributed by atoms with Gasteiger partial charge in [-0.05, 0) is 32.1 Å². The highest BCUT2D eigenvalue weighted by atomic mass is 16.2. The second-order valence-corrected chi connectivity index (χ2v) is 7.94. The Balaban J connectivity index is 1.82. The van der Waals surface area contributed by atoms with Crippen LogP contribution < -0.4 is 16.0 Å². The van der Waals surface area contributed by atoms with Crippen LogP contribution in [0.3, 0.4) is 0 Å². The number of nitrogens with one attached hydrogen (secondary N) is 3. The molecule has 1 fully saturated rings. The van der Waals surface area contributed by atoms with E-state index in [0.717, 1.165) is 12.8 Å². The molecule has 1 saturated heterocycles. The predicted octanol–water partition coefficient (Wildman–Crippen LogP) is 0.622. The van der Waals surface area contributed by atoms with Crippen LogP contribution in [0.4, 0.5) is 0 Å². The van der Waals surface area contributed by atoms with Crippen molar-refractivity contribution in [3.05, 3.63) is 12.7 Å². The minimum atomic E-state index is -1.06. The van der Waals surface area contributed by atoms with Gasteiger partial charge in [0.1, 0.15) is 18.1 Å². The Morgan fingerprint density at radius 2 is 2.14 bits per heavy atom. The van der Waals surface area contributed by atoms with E-state index in [1.54, 1.807) is 17.9 Å². The second-order valence-electron chi connectivity index (χ2n) is 7.94. The smallest absolute Gasteiger partial charge is 0.235 e. The molecule has 0 radical (unpaired) electrons. The van der Waals surface area contributed by atoms with Gasteiger partial charge >= 0.3 is 0 Å². The van der Waals surface area contributed by atoms with Crippen LogP contribution in [0.15, 0.2) is 12.7 Å². The maximum atomic E-state index is 12.8. The Kier molecular flexibility index (Phi) is 7.95. The summed E-state index contributed by atoms with van der Waals surface area (Å²) >= 11 is 0. The van der Waals surface area contributed by atoms with Gasteiger partial charge in [-0.15, -0.1) is 0 Å². The van der Waals surface area contributed by atoms with Gasteiger partial charge in [-0.1, -0.05) is 20.3 Å². The van der Waals surface area contributed by atoms with Crippen molar-refractivity contribution in [2.45, 2.75) is 65.5 Å². The van der Waals surface area contributed by atoms with Crippen LogP contribution in [0.2, 0.25) is 0 Å². The number of aromatic nitrogens is 3. The molecule has 3 N–H and O–H groups in total. The van der Waals surface area contributed by atoms with E-state index in [0.29, 0.717) is 38.9 Å². The lowest BCUT2D eigenvalue weighted by Crippen LogP contribution is -2.54. The Morgan fingerprint density at radius 1 is 1.36 bits per heavy atom. The number of nitrogens with zero attached hydrogens (tertiary/aromatic N) is 3. The average Bonchev–Trinajstić information content (AvgIpc) is 3.10. The lowest BCUT2D eigenvalue weighted by atomic mass is 9.83. The monoisotopic (exact) mass is 392 g/mol. The molecule has 1 aromatic rings. The van der Waals surface area contributed by atoms with Crippen molar-refractivity contribution in [2.75, 3.05) is 13.1 Å². The van der Waals surface area contributed by atoms with Gasteiger partial charge < -0.3 is 16.0 Å². The molecule has 2 atom stereocenters. The van der Waals surface area contributed by atoms with Gasteiger partial charge in [-0.2, -0.15) is 5.10 Å². The van der Waals surface area contributed by atoms with E-state index in [4.69, 9.17) is 0 Å². The van der Waals surface area contributed by atoms with E-state index in [9.17, 15) is 14.4 Å². The molecule has 1 aliphatic rings. The summed E-state index contributed by atoms with van der Waals surface area (Å²) in [4.78, 5) is 41.2. The molecule has 0 aromatic carbocycles. The van der Waals surface area contributed by atoms with E-state index in [-0.39, 0.29) is 29.7 Å². The first kappa shape index (κ1) is 21.8. The number of rotatable bonds is 9. The van der Waals surface area contributed by atoms with Crippen molar-refractivity contribution in [2.24, 2.45) is 11.3 Å². The maximum absolute atomic E-state index is 12.8. The normalized spacial score (nSPS) is 20.9. The average molecular weight is 393 g/mol. The third-order valence-corrected chi connectivity index (χ3v) is 5.29. The molecule has 1 aliphatic heterocycles. The summed E-state index contributed by atoms with van der Waals surface area (Å²) in [5.41, 5.74) is -1.06. The Labute approximate surface area is 166 Å². The van der Waals surface area contributed by atoms with E-state index in [2.05, 4.69) is 26.0 Å². The molecule has 156 valence electrons. The van der Waals surface area contributed by atoms with Crippen LogP contribution in [0, 0.1) is 11.3 Å². The first-order valence-electron chi connectivity index (χ1n) is 10.0. The van der Waals surface area contributed by atoms with Crippen LogP contribution in [0.5, 0.6) is 0 Å². The van der Waals surface area contributed by atoms with Crippen LogP contribution in [-0.2, 0) is 20.9 Å². The maximum Gasteiger partial charge on any atom is 0.235 e. The number of carbonyl (C=O) groups excluding carboxylic acids is 3. The minimum absolute atomic E-state index is 0.0709. The number of hydrogen-bond acceptors (Lipinski definition) is 5. The molecule has 0 saturated carbocycles. The molecule has 0 bridgehead atoms. The molecule has 2 unspecified atom stereocenters. The standard InChI is InChI=1S/C19H32N6O3/c1-14(2)15(11-22-16(26)7-6-10-25-13-20-12-23-25)24-18(28)19(3)8-4-5-9-21-17(19)27/h12-15H,4-11H2,1-3H3,(H,21,27)(H,22,26)(H,24,28). The topological polar surface area (TPSA) is 118 Å². The molecule has 9 nitrogen and oxygen atoms in total. The summed E-state index contributed by atoms with van der Waals surface area (Å²) in [5, 5.41) is 12.7. The van der Waals surface area contributed by atoms with Crippen molar-refractivity contribution in [1.82, 2.24) is 30.7 Å². The third kappa shape index (κ3) is 6.03. The fraction of sp³-hybridized carbons (Fsp3) is 0.737. The number of aryl methyl sites for hydroxylation is 1. The van der Waals surface area contributed by atoms with E-state index in [1.807, 2.05) is 13.8 Å². The summed E-state index contributed by atoms with van der Waals surface area (Å²) in [6.07, 6.45) is 6.36. The van der Waals surface area contributed by atoms with Crippen LogP contribution >= 0.6 is 0 Å². The highest BCUT2D eigenvalue weighted by molar-refractivity contribution is 6.04. The number of hydrogen-bond donors (Lipinski definition) is 3. The molecule has 2 heterocycles. The summed E-state index contributed by atoms with van der Waals surface area (Å²) in [7, 11) is 0. The van der Waals surface area contributed by atoms with Crippen molar-refractivity contribution < 1.29 is 14.4 Å². The highest BCUT2D eigenvalue weighted by Crippen LogP contribution is 2.27.